The van der Waals surface area contributed by atoms with Crippen molar-refractivity contribution in [1.82, 2.24) is 15.2 Å². The van der Waals surface area contributed by atoms with Crippen LogP contribution >= 0.6 is 23.1 Å². The van der Waals surface area contributed by atoms with Crippen molar-refractivity contribution in [3.8, 4) is 0 Å². The van der Waals surface area contributed by atoms with Crippen molar-refractivity contribution in [2.24, 2.45) is 5.16 Å². The van der Waals surface area contributed by atoms with Crippen LogP contribution in [0.1, 0.15) is 5.69 Å². The number of thiazole rings is 1. The van der Waals surface area contributed by atoms with E-state index in [1.54, 1.807) is 0 Å². The van der Waals surface area contributed by atoms with Gasteiger partial charge in [0.15, 0.2) is 10.8 Å². The van der Waals surface area contributed by atoms with E-state index >= 15 is 0 Å². The SMILES string of the molecule is C[N+]1(CC2=C(C(=O)[O-])N3C(=O)[C@@H](NC(=O)/C(=N\O)c4csc(N)n4)[C@H]3SC2)C=C2COCC2=C1. The van der Waals surface area contributed by atoms with Crippen LogP contribution in [0.25, 0.3) is 0 Å². The number of carboxylic acid groups (broad SMARTS) is 1. The Morgan fingerprint density at radius 2 is 2.12 bits per heavy atom. The molecule has 4 N–H and O–H groups in total. The fourth-order valence-corrected chi connectivity index (χ4v) is 6.44. The Morgan fingerprint density at radius 1 is 1.41 bits per heavy atom. The number of quaternary nitrogens is 1. The number of β-lactam (4-membered cyclic amide) rings is 1. The first-order chi connectivity index (χ1) is 16.2. The highest BCUT2D eigenvalue weighted by Crippen LogP contribution is 2.41. The number of carbonyl (C=O) groups is 3. The molecule has 0 saturated carbocycles. The minimum Gasteiger partial charge on any atom is -0.543 e. The van der Waals surface area contributed by atoms with Crippen LogP contribution in [0.2, 0.25) is 0 Å². The first kappa shape index (κ1) is 22.6. The molecule has 5 heterocycles. The molecule has 0 aliphatic carbocycles. The number of aromatic nitrogens is 1. The Hall–Kier alpha value is -3.20. The molecule has 0 aromatic carbocycles. The molecule has 0 radical (unpaired) electrons. The second-order valence-electron chi connectivity index (χ2n) is 8.43. The zero-order valence-corrected chi connectivity index (χ0v) is 19.5. The molecule has 4 aliphatic heterocycles. The number of rotatable bonds is 6. The number of hydrogen-bond donors (Lipinski definition) is 3. The highest BCUT2D eigenvalue weighted by atomic mass is 32.2. The summed E-state index contributed by atoms with van der Waals surface area (Å²) in [5, 5.41) is 27.8. The molecule has 2 atom stereocenters. The van der Waals surface area contributed by atoms with Crippen LogP contribution in [0.5, 0.6) is 0 Å². The van der Waals surface area contributed by atoms with Crippen molar-refractivity contribution in [3.05, 3.63) is 45.9 Å². The zero-order chi connectivity index (χ0) is 24.2. The fraction of sp³-hybridized carbons (Fsp3) is 0.350. The molecule has 5 rings (SSSR count). The molecule has 0 bridgehead atoms. The first-order valence-corrected chi connectivity index (χ1v) is 12.1. The second kappa shape index (κ2) is 8.23. The summed E-state index contributed by atoms with van der Waals surface area (Å²) >= 11 is 2.41. The van der Waals surface area contributed by atoms with Gasteiger partial charge in [-0.15, -0.1) is 23.1 Å². The highest BCUT2D eigenvalue weighted by molar-refractivity contribution is 8.00. The number of aliphatic carboxylic acids is 1. The van der Waals surface area contributed by atoms with Crippen molar-refractivity contribution in [2.75, 3.05) is 38.3 Å². The fourth-order valence-electron chi connectivity index (χ4n) is 4.56. The topological polar surface area (TPSA) is 170 Å². The van der Waals surface area contributed by atoms with Gasteiger partial charge >= 0.3 is 0 Å². The third kappa shape index (κ3) is 3.68. The van der Waals surface area contributed by atoms with E-state index in [2.05, 4.69) is 15.5 Å². The third-order valence-corrected chi connectivity index (χ3v) is 7.98. The van der Waals surface area contributed by atoms with E-state index in [1.807, 2.05) is 19.4 Å². The number of nitrogen functional groups attached to an aromatic ring is 1. The summed E-state index contributed by atoms with van der Waals surface area (Å²) in [7, 11) is 1.96. The van der Waals surface area contributed by atoms with Gasteiger partial charge in [0.1, 0.15) is 36.1 Å². The van der Waals surface area contributed by atoms with Gasteiger partial charge in [0.2, 0.25) is 0 Å². The summed E-state index contributed by atoms with van der Waals surface area (Å²) in [5.41, 5.74) is 7.84. The molecule has 1 aromatic rings. The highest BCUT2D eigenvalue weighted by Gasteiger charge is 2.53. The standard InChI is InChI=1S/C20H20N6O6S2/c1-26(2-9-5-32-6-10(9)3-26)4-11-7-33-18-14(17(28)25(18)15(11)19(29)30)23-16(27)13(24-31)12-8-34-20(21)22-12/h2-3,8,14,18H,4-7H2,1H3,(H4-,21,22,23,27,29,30,31)/t14-,18-/m1/s1. The monoisotopic (exact) mass is 504 g/mol. The van der Waals surface area contributed by atoms with Crippen LogP contribution in [0, 0.1) is 0 Å². The lowest BCUT2D eigenvalue weighted by atomic mass is 10.0. The van der Waals surface area contributed by atoms with Crippen LogP contribution in [0.3, 0.4) is 0 Å². The number of carbonyl (C=O) groups excluding carboxylic acids is 3. The van der Waals surface area contributed by atoms with Gasteiger partial charge < -0.3 is 30.9 Å². The molecule has 1 aromatic heterocycles. The largest absolute Gasteiger partial charge is 0.543 e. The maximum Gasteiger partial charge on any atom is 0.276 e. The van der Waals surface area contributed by atoms with Gasteiger partial charge in [0, 0.05) is 27.9 Å². The Kier molecular flexibility index (Phi) is 5.47. The second-order valence-corrected chi connectivity index (χ2v) is 10.4. The van der Waals surface area contributed by atoms with Crippen LogP contribution < -0.4 is 16.2 Å². The normalized spacial score (nSPS) is 25.4. The Labute approximate surface area is 201 Å². The van der Waals surface area contributed by atoms with E-state index < -0.39 is 34.9 Å². The summed E-state index contributed by atoms with van der Waals surface area (Å²) in [4.78, 5) is 42.7. The molecule has 2 saturated heterocycles. The molecule has 0 unspecified atom stereocenters. The summed E-state index contributed by atoms with van der Waals surface area (Å²) < 4.78 is 5.79. The van der Waals surface area contributed by atoms with Gasteiger partial charge in [-0.1, -0.05) is 5.16 Å². The predicted molar refractivity (Wildman–Crippen MR) is 120 cm³/mol. The number of fused-ring (bicyclic) bond motifs is 2. The third-order valence-electron chi connectivity index (χ3n) is 5.97. The zero-order valence-electron chi connectivity index (χ0n) is 17.9. The number of carboxylic acids is 1. The lowest BCUT2D eigenvalue weighted by molar-refractivity contribution is -0.799. The van der Waals surface area contributed by atoms with Crippen LogP contribution in [-0.4, -0.2) is 87.0 Å². The average Bonchev–Trinajstić information content (AvgIpc) is 3.47. The van der Waals surface area contributed by atoms with Crippen LogP contribution in [0.15, 0.2) is 45.4 Å². The molecule has 2 amide bonds. The Morgan fingerprint density at radius 3 is 2.71 bits per heavy atom. The number of oxime groups is 1. The van der Waals surface area contributed by atoms with Gasteiger partial charge in [-0.3, -0.25) is 19.0 Å². The quantitative estimate of drug-likeness (QED) is 0.138. The van der Waals surface area contributed by atoms with Crippen molar-refractivity contribution >= 4 is 51.7 Å². The summed E-state index contributed by atoms with van der Waals surface area (Å²) in [6.07, 6.45) is 4.06. The van der Waals surface area contributed by atoms with Crippen LogP contribution in [0.4, 0.5) is 5.13 Å². The van der Waals surface area contributed by atoms with E-state index in [-0.39, 0.29) is 16.5 Å². The number of anilines is 1. The molecular weight excluding hydrogens is 484 g/mol. The van der Waals surface area contributed by atoms with Gasteiger partial charge in [-0.25, -0.2) is 4.98 Å². The molecule has 4 aliphatic rings. The number of nitrogens with one attached hydrogen (secondary N) is 1. The van der Waals surface area contributed by atoms with Gasteiger partial charge in [-0.05, 0) is 0 Å². The molecule has 14 heteroatoms. The minimum atomic E-state index is -1.44. The molecule has 2 fully saturated rings. The molecular formula is C20H20N6O6S2. The van der Waals surface area contributed by atoms with Gasteiger partial charge in [-0.2, -0.15) is 0 Å². The summed E-state index contributed by atoms with van der Waals surface area (Å²) in [6.45, 7) is 1.42. The number of thioether (sulfide) groups is 1. The summed E-state index contributed by atoms with van der Waals surface area (Å²) in [5.74, 6) is -2.49. The number of hydrogen-bond acceptors (Lipinski definition) is 11. The Bertz CT molecular complexity index is 1210. The summed E-state index contributed by atoms with van der Waals surface area (Å²) in [6, 6.07) is -0.988. The molecule has 0 spiro atoms. The Balaban J connectivity index is 1.34. The number of likely N-dealkylation sites (N-methyl/N-ethyl adjacent to an activating group) is 1. The van der Waals surface area contributed by atoms with Crippen molar-refractivity contribution < 1.29 is 33.9 Å². The van der Waals surface area contributed by atoms with E-state index in [4.69, 9.17) is 10.5 Å². The average molecular weight is 505 g/mol. The lowest BCUT2D eigenvalue weighted by Crippen LogP contribution is -2.71. The number of ether oxygens (including phenoxy) is 1. The number of nitrogens with zero attached hydrogens (tertiary/aromatic N) is 4. The van der Waals surface area contributed by atoms with Crippen molar-refractivity contribution in [3.63, 3.8) is 0 Å². The molecule has 34 heavy (non-hydrogen) atoms. The number of nitrogens with two attached hydrogens (primary N) is 1. The smallest absolute Gasteiger partial charge is 0.276 e. The van der Waals surface area contributed by atoms with E-state index in [0.29, 0.717) is 35.6 Å². The number of amides is 2. The predicted octanol–water partition coefficient (Wildman–Crippen LogP) is -1.43. The first-order valence-electron chi connectivity index (χ1n) is 10.2. The maximum atomic E-state index is 12.9. The van der Waals surface area contributed by atoms with Crippen molar-refractivity contribution in [2.45, 2.75) is 11.4 Å². The van der Waals surface area contributed by atoms with Gasteiger partial charge in [0.05, 0.1) is 31.9 Å². The van der Waals surface area contributed by atoms with Crippen LogP contribution in [-0.2, 0) is 19.1 Å². The molecule has 178 valence electrons. The van der Waals surface area contributed by atoms with E-state index in [1.165, 1.54) is 17.1 Å². The molecule has 12 nitrogen and oxygen atoms in total. The maximum absolute atomic E-state index is 12.9. The lowest BCUT2D eigenvalue weighted by Gasteiger charge is -2.51. The van der Waals surface area contributed by atoms with Gasteiger partial charge in [0.25, 0.3) is 11.8 Å². The van der Waals surface area contributed by atoms with E-state index in [0.717, 1.165) is 27.4 Å². The van der Waals surface area contributed by atoms with Crippen molar-refractivity contribution in [1.29, 1.82) is 0 Å². The minimum absolute atomic E-state index is 0.0704. The van der Waals surface area contributed by atoms with E-state index in [9.17, 15) is 24.7 Å².